The minimum absolute atomic E-state index is 0.0446. The number of hydrogen-bond donors (Lipinski definition) is 0. The van der Waals surface area contributed by atoms with Crippen LogP contribution in [0.3, 0.4) is 0 Å². The molecule has 0 fully saturated rings. The summed E-state index contributed by atoms with van der Waals surface area (Å²) < 4.78 is 44.1. The van der Waals surface area contributed by atoms with E-state index in [1.807, 2.05) is 0 Å². The second-order valence-electron chi connectivity index (χ2n) is 6.22. The van der Waals surface area contributed by atoms with Gasteiger partial charge >= 0.3 is 6.18 Å². The molecule has 4 nitrogen and oxygen atoms in total. The normalized spacial score (nSPS) is 11.7. The van der Waals surface area contributed by atoms with Gasteiger partial charge in [-0.3, -0.25) is 10.1 Å². The first-order chi connectivity index (χ1) is 13.4. The molecule has 2 heterocycles. The first-order valence-corrected chi connectivity index (χ1v) is 8.38. The van der Waals surface area contributed by atoms with Crippen molar-refractivity contribution in [3.05, 3.63) is 94.7 Å². The third kappa shape index (κ3) is 2.90. The van der Waals surface area contributed by atoms with Crippen molar-refractivity contribution >= 4 is 11.2 Å². The fraction of sp³-hybridized carbons (Fsp3) is 0.0476. The fourth-order valence-corrected chi connectivity index (χ4v) is 3.41. The van der Waals surface area contributed by atoms with Gasteiger partial charge in [-0.1, -0.05) is 36.4 Å². The number of nitro groups is 1. The SMILES string of the molecule is O=[N+]([O-])c1ccc(-c2c(C(F)(F)F)c(-c3ccccc3)c3ccccn23)cc1. The van der Waals surface area contributed by atoms with E-state index in [2.05, 4.69) is 0 Å². The molecule has 2 aromatic carbocycles. The summed E-state index contributed by atoms with van der Waals surface area (Å²) in [5.41, 5.74) is 0.210. The van der Waals surface area contributed by atoms with Crippen molar-refractivity contribution in [1.82, 2.24) is 4.40 Å². The van der Waals surface area contributed by atoms with Gasteiger partial charge in [0, 0.05) is 23.9 Å². The van der Waals surface area contributed by atoms with Crippen LogP contribution in [0.1, 0.15) is 5.56 Å². The molecule has 0 bridgehead atoms. The lowest BCUT2D eigenvalue weighted by Gasteiger charge is -2.12. The standard InChI is InChI=1S/C21H13F3N2O2/c22-21(23,24)19-18(14-6-2-1-3-7-14)17-8-4-5-13-25(17)20(19)15-9-11-16(12-10-15)26(27)28/h1-13H. The lowest BCUT2D eigenvalue weighted by Crippen LogP contribution is -2.07. The van der Waals surface area contributed by atoms with Gasteiger partial charge in [-0.05, 0) is 35.4 Å². The Balaban J connectivity index is 2.10. The molecule has 7 heteroatoms. The number of rotatable bonds is 3. The summed E-state index contributed by atoms with van der Waals surface area (Å²) in [6.07, 6.45) is -3.05. The van der Waals surface area contributed by atoms with E-state index in [1.165, 1.54) is 28.7 Å². The highest BCUT2D eigenvalue weighted by atomic mass is 19.4. The molecule has 4 rings (SSSR count). The molecule has 0 amide bonds. The van der Waals surface area contributed by atoms with Gasteiger partial charge in [0.25, 0.3) is 5.69 Å². The van der Waals surface area contributed by atoms with E-state index in [4.69, 9.17) is 0 Å². The predicted molar refractivity (Wildman–Crippen MR) is 99.9 cm³/mol. The molecule has 0 aliphatic heterocycles. The number of alkyl halides is 3. The molecule has 0 unspecified atom stereocenters. The molecule has 0 N–H and O–H groups in total. The lowest BCUT2D eigenvalue weighted by atomic mass is 9.98. The van der Waals surface area contributed by atoms with Crippen LogP contribution in [-0.2, 0) is 6.18 Å². The maximum atomic E-state index is 14.2. The van der Waals surface area contributed by atoms with E-state index in [1.54, 1.807) is 54.7 Å². The molecule has 4 aromatic rings. The monoisotopic (exact) mass is 382 g/mol. The van der Waals surface area contributed by atoms with Crippen LogP contribution in [-0.4, -0.2) is 9.32 Å². The van der Waals surface area contributed by atoms with Gasteiger partial charge in [0.1, 0.15) is 0 Å². The predicted octanol–water partition coefficient (Wildman–Crippen LogP) is 6.20. The number of fused-ring (bicyclic) bond motifs is 1. The number of pyridine rings is 1. The van der Waals surface area contributed by atoms with E-state index >= 15 is 0 Å². The van der Waals surface area contributed by atoms with Gasteiger partial charge in [-0.2, -0.15) is 13.2 Å². The molecule has 0 atom stereocenters. The van der Waals surface area contributed by atoms with Gasteiger partial charge in [-0.15, -0.1) is 0 Å². The van der Waals surface area contributed by atoms with Gasteiger partial charge in [0.15, 0.2) is 0 Å². The van der Waals surface area contributed by atoms with E-state index < -0.39 is 16.7 Å². The van der Waals surface area contributed by atoms with Crippen LogP contribution in [0.5, 0.6) is 0 Å². The van der Waals surface area contributed by atoms with E-state index in [0.29, 0.717) is 11.1 Å². The molecule has 0 saturated carbocycles. The summed E-state index contributed by atoms with van der Waals surface area (Å²) in [5.74, 6) is 0. The van der Waals surface area contributed by atoms with Crippen LogP contribution in [0.4, 0.5) is 18.9 Å². The number of benzene rings is 2. The van der Waals surface area contributed by atoms with Crippen molar-refractivity contribution in [3.63, 3.8) is 0 Å². The quantitative estimate of drug-likeness (QED) is 0.313. The topological polar surface area (TPSA) is 47.5 Å². The van der Waals surface area contributed by atoms with Crippen LogP contribution < -0.4 is 0 Å². The van der Waals surface area contributed by atoms with Crippen molar-refractivity contribution in [2.45, 2.75) is 6.18 Å². The zero-order valence-electron chi connectivity index (χ0n) is 14.4. The van der Waals surface area contributed by atoms with Crippen molar-refractivity contribution in [3.8, 4) is 22.4 Å². The maximum Gasteiger partial charge on any atom is 0.419 e. The second kappa shape index (κ2) is 6.53. The number of non-ortho nitro benzene ring substituents is 1. The zero-order chi connectivity index (χ0) is 19.9. The van der Waals surface area contributed by atoms with Crippen LogP contribution in [0.25, 0.3) is 27.9 Å². The Kier molecular flexibility index (Phi) is 4.15. The third-order valence-electron chi connectivity index (χ3n) is 4.54. The molecular weight excluding hydrogens is 369 g/mol. The molecule has 2 aromatic heterocycles. The van der Waals surface area contributed by atoms with E-state index in [0.717, 1.165) is 0 Å². The molecule has 0 aliphatic carbocycles. The lowest BCUT2D eigenvalue weighted by molar-refractivity contribution is -0.384. The molecule has 0 aliphatic rings. The van der Waals surface area contributed by atoms with Crippen LogP contribution in [0, 0.1) is 10.1 Å². The van der Waals surface area contributed by atoms with Crippen LogP contribution >= 0.6 is 0 Å². The highest BCUT2D eigenvalue weighted by molar-refractivity contribution is 5.91. The highest BCUT2D eigenvalue weighted by Gasteiger charge is 2.40. The zero-order valence-corrected chi connectivity index (χ0v) is 14.4. The largest absolute Gasteiger partial charge is 0.419 e. The Labute approximate surface area is 157 Å². The molecule has 28 heavy (non-hydrogen) atoms. The average Bonchev–Trinajstić information content (AvgIpc) is 3.04. The van der Waals surface area contributed by atoms with Crippen LogP contribution in [0.15, 0.2) is 79.0 Å². The van der Waals surface area contributed by atoms with E-state index in [9.17, 15) is 23.3 Å². The van der Waals surface area contributed by atoms with Crippen molar-refractivity contribution in [2.75, 3.05) is 0 Å². The first kappa shape index (κ1) is 17.8. The number of nitro benzene ring substituents is 1. The van der Waals surface area contributed by atoms with Crippen molar-refractivity contribution in [2.24, 2.45) is 0 Å². The second-order valence-corrected chi connectivity index (χ2v) is 6.22. The Bertz CT molecular complexity index is 1160. The summed E-state index contributed by atoms with van der Waals surface area (Å²) in [7, 11) is 0. The van der Waals surface area contributed by atoms with Crippen molar-refractivity contribution < 1.29 is 18.1 Å². The number of halogens is 3. The van der Waals surface area contributed by atoms with E-state index in [-0.39, 0.29) is 22.5 Å². The highest BCUT2D eigenvalue weighted by Crippen LogP contribution is 2.47. The number of aromatic nitrogens is 1. The maximum absolute atomic E-state index is 14.2. The third-order valence-corrected chi connectivity index (χ3v) is 4.54. The van der Waals surface area contributed by atoms with Crippen molar-refractivity contribution in [1.29, 1.82) is 0 Å². The fourth-order valence-electron chi connectivity index (χ4n) is 3.41. The molecule has 0 radical (unpaired) electrons. The molecule has 0 saturated heterocycles. The van der Waals surface area contributed by atoms with Gasteiger partial charge < -0.3 is 4.40 Å². The average molecular weight is 382 g/mol. The Morgan fingerprint density at radius 3 is 2.07 bits per heavy atom. The Morgan fingerprint density at radius 2 is 1.46 bits per heavy atom. The Hall–Kier alpha value is -3.61. The number of nitrogens with zero attached hydrogens (tertiary/aromatic N) is 2. The summed E-state index contributed by atoms with van der Waals surface area (Å²) >= 11 is 0. The van der Waals surface area contributed by atoms with Gasteiger partial charge in [0.05, 0.1) is 21.7 Å². The van der Waals surface area contributed by atoms with Crippen LogP contribution in [0.2, 0.25) is 0 Å². The minimum Gasteiger partial charge on any atom is -0.315 e. The molecule has 0 spiro atoms. The summed E-state index contributed by atoms with van der Waals surface area (Å²) in [6.45, 7) is 0. The minimum atomic E-state index is -4.62. The molecular formula is C21H13F3N2O2. The smallest absolute Gasteiger partial charge is 0.315 e. The summed E-state index contributed by atoms with van der Waals surface area (Å²) in [5, 5.41) is 10.9. The first-order valence-electron chi connectivity index (χ1n) is 8.38. The summed E-state index contributed by atoms with van der Waals surface area (Å²) in [4.78, 5) is 10.3. The summed E-state index contributed by atoms with van der Waals surface area (Å²) in [6, 6.07) is 18.5. The Morgan fingerprint density at radius 1 is 0.821 bits per heavy atom. The molecule has 140 valence electrons. The number of hydrogen-bond acceptors (Lipinski definition) is 2. The van der Waals surface area contributed by atoms with Gasteiger partial charge in [0.2, 0.25) is 0 Å². The van der Waals surface area contributed by atoms with Gasteiger partial charge in [-0.25, -0.2) is 0 Å².